The summed E-state index contributed by atoms with van der Waals surface area (Å²) >= 11 is 0. The van der Waals surface area contributed by atoms with Gasteiger partial charge in [0.25, 0.3) is 0 Å². The average molecular weight is 257 g/mol. The van der Waals surface area contributed by atoms with E-state index < -0.39 is 9.84 Å². The highest BCUT2D eigenvalue weighted by atomic mass is 32.2. The van der Waals surface area contributed by atoms with Gasteiger partial charge in [0.15, 0.2) is 15.8 Å². The summed E-state index contributed by atoms with van der Waals surface area (Å²) in [4.78, 5) is 4.01. The van der Waals surface area contributed by atoms with E-state index in [1.807, 2.05) is 0 Å². The van der Waals surface area contributed by atoms with Crippen LogP contribution in [0.1, 0.15) is 0 Å². The Labute approximate surface area is 100 Å². The van der Waals surface area contributed by atoms with Crippen LogP contribution in [0.2, 0.25) is 0 Å². The van der Waals surface area contributed by atoms with Crippen LogP contribution in [0.15, 0.2) is 34.2 Å². The normalized spacial score (nSPS) is 10.9. The second-order valence-electron chi connectivity index (χ2n) is 3.40. The third-order valence-corrected chi connectivity index (χ3v) is 3.03. The lowest BCUT2D eigenvalue weighted by molar-refractivity contribution is 0.328. The van der Waals surface area contributed by atoms with Crippen LogP contribution >= 0.6 is 0 Å². The highest BCUT2D eigenvalue weighted by Gasteiger charge is 2.05. The number of ether oxygens (including phenoxy) is 1. The molecule has 4 N–H and O–H groups in total. The first-order valence-corrected chi connectivity index (χ1v) is 6.77. The van der Waals surface area contributed by atoms with E-state index in [9.17, 15) is 8.42 Å². The first-order chi connectivity index (χ1) is 7.89. The topological polar surface area (TPSA) is 108 Å². The Bertz CT molecular complexity index is 490. The summed E-state index contributed by atoms with van der Waals surface area (Å²) in [5.41, 5.74) is 10.3. The molecule has 1 rings (SSSR count). The van der Waals surface area contributed by atoms with E-state index in [0.717, 1.165) is 6.26 Å². The maximum atomic E-state index is 11.2. The Balaban J connectivity index is 2.55. The number of aliphatic imine (C=N–C) groups is 1. The van der Waals surface area contributed by atoms with Gasteiger partial charge in [-0.25, -0.2) is 8.42 Å². The largest absolute Gasteiger partial charge is 0.492 e. The maximum Gasteiger partial charge on any atom is 0.186 e. The molecule has 0 saturated heterocycles. The summed E-state index contributed by atoms with van der Waals surface area (Å²) in [6, 6.07) is 6.16. The van der Waals surface area contributed by atoms with E-state index in [1.54, 1.807) is 12.1 Å². The molecule has 0 unspecified atom stereocenters. The number of hydrogen-bond acceptors (Lipinski definition) is 4. The average Bonchev–Trinajstić information content (AvgIpc) is 2.23. The molecule has 1 aromatic carbocycles. The number of nitrogens with zero attached hydrogens (tertiary/aromatic N) is 1. The van der Waals surface area contributed by atoms with Gasteiger partial charge in [-0.1, -0.05) is 0 Å². The first-order valence-electron chi connectivity index (χ1n) is 4.88. The lowest BCUT2D eigenvalue weighted by Crippen LogP contribution is -2.23. The van der Waals surface area contributed by atoms with Gasteiger partial charge < -0.3 is 16.2 Å². The van der Waals surface area contributed by atoms with Crippen molar-refractivity contribution in [1.29, 1.82) is 0 Å². The Hall–Kier alpha value is -1.76. The van der Waals surface area contributed by atoms with Crippen molar-refractivity contribution in [2.24, 2.45) is 16.5 Å². The Kier molecular flexibility index (Phi) is 4.33. The van der Waals surface area contributed by atoms with Crippen molar-refractivity contribution in [3.8, 4) is 5.75 Å². The molecule has 0 heterocycles. The summed E-state index contributed by atoms with van der Waals surface area (Å²) in [5.74, 6) is 0.587. The summed E-state index contributed by atoms with van der Waals surface area (Å²) in [6.45, 7) is 0.687. The van der Waals surface area contributed by atoms with Crippen LogP contribution in [0.5, 0.6) is 5.75 Å². The highest BCUT2D eigenvalue weighted by molar-refractivity contribution is 7.90. The number of nitrogens with two attached hydrogens (primary N) is 2. The summed E-state index contributed by atoms with van der Waals surface area (Å²) < 4.78 is 27.7. The molecule has 0 amide bonds. The molecule has 6 nitrogen and oxygen atoms in total. The Morgan fingerprint density at radius 1 is 1.29 bits per heavy atom. The van der Waals surface area contributed by atoms with Gasteiger partial charge in [0, 0.05) is 6.26 Å². The van der Waals surface area contributed by atoms with Crippen molar-refractivity contribution in [2.75, 3.05) is 19.4 Å². The van der Waals surface area contributed by atoms with Crippen molar-refractivity contribution in [2.45, 2.75) is 4.90 Å². The second kappa shape index (κ2) is 5.53. The number of hydrogen-bond donors (Lipinski definition) is 2. The van der Waals surface area contributed by atoms with Gasteiger partial charge in [-0.05, 0) is 24.3 Å². The minimum atomic E-state index is -3.17. The monoisotopic (exact) mass is 257 g/mol. The molecule has 0 atom stereocenters. The van der Waals surface area contributed by atoms with Gasteiger partial charge in [-0.3, -0.25) is 4.99 Å². The second-order valence-corrected chi connectivity index (χ2v) is 5.41. The van der Waals surface area contributed by atoms with E-state index >= 15 is 0 Å². The predicted molar refractivity (Wildman–Crippen MR) is 65.7 cm³/mol. The summed E-state index contributed by atoms with van der Waals surface area (Å²) in [5, 5.41) is 0. The van der Waals surface area contributed by atoms with Crippen molar-refractivity contribution in [3.05, 3.63) is 24.3 Å². The standard InChI is InChI=1S/C10H15N3O3S/c1-17(14,15)9-4-2-8(3-5-9)16-7-6-13-10(11)12/h2-5H,6-7H2,1H3,(H4,11,12,13). The van der Waals surface area contributed by atoms with Crippen molar-refractivity contribution in [3.63, 3.8) is 0 Å². The van der Waals surface area contributed by atoms with E-state index in [0.29, 0.717) is 18.9 Å². The molecular formula is C10H15N3O3S. The van der Waals surface area contributed by atoms with E-state index in [2.05, 4.69) is 4.99 Å². The lowest BCUT2D eigenvalue weighted by Gasteiger charge is -2.05. The first kappa shape index (κ1) is 13.3. The molecule has 0 saturated carbocycles. The van der Waals surface area contributed by atoms with Gasteiger partial charge >= 0.3 is 0 Å². The quantitative estimate of drug-likeness (QED) is 0.429. The molecule has 0 bridgehead atoms. The van der Waals surface area contributed by atoms with Gasteiger partial charge in [-0.15, -0.1) is 0 Å². The predicted octanol–water partition coefficient (Wildman–Crippen LogP) is -0.258. The zero-order valence-electron chi connectivity index (χ0n) is 9.46. The van der Waals surface area contributed by atoms with Gasteiger partial charge in [-0.2, -0.15) is 0 Å². The van der Waals surface area contributed by atoms with E-state index in [1.165, 1.54) is 12.1 Å². The van der Waals surface area contributed by atoms with Crippen LogP contribution in [0.25, 0.3) is 0 Å². The van der Waals surface area contributed by atoms with Crippen molar-refractivity contribution >= 4 is 15.8 Å². The maximum absolute atomic E-state index is 11.2. The fourth-order valence-electron chi connectivity index (χ4n) is 1.12. The fourth-order valence-corrected chi connectivity index (χ4v) is 1.75. The molecule has 17 heavy (non-hydrogen) atoms. The molecule has 94 valence electrons. The molecule has 7 heteroatoms. The van der Waals surface area contributed by atoms with Crippen molar-refractivity contribution < 1.29 is 13.2 Å². The zero-order chi connectivity index (χ0) is 12.9. The molecule has 0 fully saturated rings. The summed E-state index contributed by atoms with van der Waals surface area (Å²) in [7, 11) is -3.17. The van der Waals surface area contributed by atoms with Crippen molar-refractivity contribution in [1.82, 2.24) is 0 Å². The molecule has 0 radical (unpaired) electrons. The third-order valence-electron chi connectivity index (χ3n) is 1.91. The lowest BCUT2D eigenvalue weighted by atomic mass is 10.3. The fraction of sp³-hybridized carbons (Fsp3) is 0.300. The molecule has 0 aliphatic rings. The smallest absolute Gasteiger partial charge is 0.186 e. The SMILES string of the molecule is CS(=O)(=O)c1ccc(OCCN=C(N)N)cc1. The third kappa shape index (κ3) is 4.73. The van der Waals surface area contributed by atoms with Crippen LogP contribution in [0, 0.1) is 0 Å². The van der Waals surface area contributed by atoms with Crippen LogP contribution in [0.3, 0.4) is 0 Å². The minimum Gasteiger partial charge on any atom is -0.492 e. The van der Waals surface area contributed by atoms with Crippen LogP contribution < -0.4 is 16.2 Å². The molecule has 1 aromatic rings. The number of benzene rings is 1. The van der Waals surface area contributed by atoms with Gasteiger partial charge in [0.1, 0.15) is 12.4 Å². The van der Waals surface area contributed by atoms with Gasteiger partial charge in [0.2, 0.25) is 0 Å². The molecule has 0 spiro atoms. The Morgan fingerprint density at radius 3 is 2.35 bits per heavy atom. The molecule has 0 aliphatic carbocycles. The summed E-state index contributed by atoms with van der Waals surface area (Å²) in [6.07, 6.45) is 1.15. The van der Waals surface area contributed by atoms with Crippen LogP contribution in [-0.2, 0) is 9.84 Å². The zero-order valence-corrected chi connectivity index (χ0v) is 10.3. The van der Waals surface area contributed by atoms with Crippen LogP contribution in [0.4, 0.5) is 0 Å². The van der Waals surface area contributed by atoms with E-state index in [-0.39, 0.29) is 10.9 Å². The minimum absolute atomic E-state index is 0.0148. The highest BCUT2D eigenvalue weighted by Crippen LogP contribution is 2.15. The molecular weight excluding hydrogens is 242 g/mol. The Morgan fingerprint density at radius 2 is 1.88 bits per heavy atom. The molecule has 0 aliphatic heterocycles. The number of sulfone groups is 1. The van der Waals surface area contributed by atoms with E-state index in [4.69, 9.17) is 16.2 Å². The number of guanidine groups is 1. The van der Waals surface area contributed by atoms with Gasteiger partial charge in [0.05, 0.1) is 11.4 Å². The number of rotatable bonds is 5. The van der Waals surface area contributed by atoms with Crippen LogP contribution in [-0.4, -0.2) is 33.8 Å². The molecule has 0 aromatic heterocycles.